The van der Waals surface area contributed by atoms with Gasteiger partial charge in [0.2, 0.25) is 11.8 Å². The fourth-order valence-corrected chi connectivity index (χ4v) is 3.82. The molecule has 0 saturated heterocycles. The van der Waals surface area contributed by atoms with Crippen molar-refractivity contribution in [2.75, 3.05) is 13.2 Å². The lowest BCUT2D eigenvalue weighted by molar-refractivity contribution is -0.148. The van der Waals surface area contributed by atoms with Crippen LogP contribution >= 0.6 is 0 Å². The van der Waals surface area contributed by atoms with Gasteiger partial charge in [0.1, 0.15) is 31.3 Å². The Bertz CT molecular complexity index is 1400. The first-order valence-electron chi connectivity index (χ1n) is 14.7. The maximum Gasteiger partial charge on any atom is 0.408 e. The number of nitrogens with one attached hydrogen (secondary N) is 4. The van der Waals surface area contributed by atoms with Crippen LogP contribution in [0.25, 0.3) is 0 Å². The zero-order chi connectivity index (χ0) is 37.1. The largest absolute Gasteiger partial charge is 0.481 e. The van der Waals surface area contributed by atoms with Crippen molar-refractivity contribution >= 4 is 53.6 Å². The Morgan fingerprint density at radius 2 is 1.41 bits per heavy atom. The second-order valence-electron chi connectivity index (χ2n) is 10.5. The maximum absolute atomic E-state index is 13.3. The van der Waals surface area contributed by atoms with Gasteiger partial charge >= 0.3 is 30.0 Å². The van der Waals surface area contributed by atoms with Crippen molar-refractivity contribution in [3.63, 3.8) is 0 Å². The second-order valence-corrected chi connectivity index (χ2v) is 10.5. The molecule has 0 aliphatic carbocycles. The molecule has 0 radical (unpaired) electrons. The summed E-state index contributed by atoms with van der Waals surface area (Å²) in [5.74, 6) is -10.6. The number of ether oxygens (including phenoxy) is 2. The Morgan fingerprint density at radius 3 is 1.96 bits per heavy atom. The van der Waals surface area contributed by atoms with Crippen molar-refractivity contribution in [1.82, 2.24) is 26.4 Å². The number of amides is 5. The first kappa shape index (κ1) is 41.0. The molecule has 1 aromatic rings. The quantitative estimate of drug-likeness (QED) is 0.0537. The molecule has 1 aromatic carbocycles. The molecule has 0 spiro atoms. The predicted molar refractivity (Wildman–Crippen MR) is 165 cm³/mol. The van der Waals surface area contributed by atoms with E-state index < -0.39 is 103 Å². The summed E-state index contributed by atoms with van der Waals surface area (Å²) in [7, 11) is 0. The molecule has 0 fully saturated rings. The highest BCUT2D eigenvalue weighted by Crippen LogP contribution is 2.08. The van der Waals surface area contributed by atoms with E-state index in [-0.39, 0.29) is 13.2 Å². The van der Waals surface area contributed by atoms with Crippen LogP contribution in [-0.4, -0.2) is 105 Å². The third-order valence-corrected chi connectivity index (χ3v) is 6.18. The Kier molecular flexibility index (Phi) is 17.6. The van der Waals surface area contributed by atoms with Crippen LogP contribution in [0.15, 0.2) is 42.5 Å². The third-order valence-electron chi connectivity index (χ3n) is 6.18. The van der Waals surface area contributed by atoms with Crippen LogP contribution in [0.4, 0.5) is 4.79 Å². The fourth-order valence-electron chi connectivity index (χ4n) is 3.82. The van der Waals surface area contributed by atoms with Gasteiger partial charge in [-0.2, -0.15) is 0 Å². The normalized spacial score (nSPS) is 12.5. The van der Waals surface area contributed by atoms with Crippen molar-refractivity contribution in [3.8, 4) is 0 Å². The van der Waals surface area contributed by atoms with Gasteiger partial charge in [0, 0.05) is 18.6 Å². The van der Waals surface area contributed by atoms with Crippen LogP contribution in [0.5, 0.6) is 0 Å². The standard InChI is InChI=1S/C30H39N5O14/c1-4-48-25(43)13-11-21(36)35(15-24(41)42)34-29(46)26(17(2)3)33-27(44)19(10-12-22(37)38)31-28(45)20(14-23(39)40)32-30(47)49-16-18-8-6-5-7-9-18/h5-9,11,13,17,19-20,26H,4,10,12,14-16H2,1-3H3,(H,31,45)(H,32,47)(H,33,44)(H,34,46)(H,37,38)(H,39,40)(H,41,42)/b13-11+/t19-,20-,26-/m0/s1. The summed E-state index contributed by atoms with van der Waals surface area (Å²) in [6.45, 7) is 3.17. The van der Waals surface area contributed by atoms with Crippen LogP contribution in [-0.2, 0) is 54.4 Å². The lowest BCUT2D eigenvalue weighted by Gasteiger charge is -2.28. The Morgan fingerprint density at radius 1 is 0.776 bits per heavy atom. The van der Waals surface area contributed by atoms with Gasteiger partial charge in [-0.25, -0.2) is 14.6 Å². The number of alkyl carbamates (subject to hydrolysis) is 1. The number of carboxylic acid groups (broad SMARTS) is 3. The Hall–Kier alpha value is -6.01. The van der Waals surface area contributed by atoms with Crippen molar-refractivity contribution in [3.05, 3.63) is 48.0 Å². The predicted octanol–water partition coefficient (Wildman–Crippen LogP) is -0.690. The van der Waals surface area contributed by atoms with Crippen molar-refractivity contribution in [2.45, 2.75) is 64.8 Å². The number of benzene rings is 1. The molecule has 0 aliphatic rings. The van der Waals surface area contributed by atoms with Crippen LogP contribution < -0.4 is 21.4 Å². The van der Waals surface area contributed by atoms with Gasteiger partial charge in [-0.15, -0.1) is 0 Å². The minimum atomic E-state index is -1.77. The molecule has 268 valence electrons. The number of rotatable bonds is 19. The van der Waals surface area contributed by atoms with Gasteiger partial charge in [0.05, 0.1) is 13.0 Å². The van der Waals surface area contributed by atoms with E-state index >= 15 is 0 Å². The number of hydrazine groups is 1. The second kappa shape index (κ2) is 21.0. The van der Waals surface area contributed by atoms with E-state index in [9.17, 15) is 58.5 Å². The molecule has 0 bridgehead atoms. The van der Waals surface area contributed by atoms with Crippen LogP contribution in [0.1, 0.15) is 45.6 Å². The summed E-state index contributed by atoms with van der Waals surface area (Å²) in [5.41, 5.74) is 2.64. The highest BCUT2D eigenvalue weighted by Gasteiger charge is 2.33. The summed E-state index contributed by atoms with van der Waals surface area (Å²) >= 11 is 0. The molecule has 49 heavy (non-hydrogen) atoms. The fraction of sp³-hybridized carbons (Fsp3) is 0.433. The number of aliphatic carboxylic acids is 3. The van der Waals surface area contributed by atoms with E-state index in [2.05, 4.69) is 20.7 Å². The molecule has 0 heterocycles. The van der Waals surface area contributed by atoms with Crippen LogP contribution in [0, 0.1) is 5.92 Å². The monoisotopic (exact) mass is 693 g/mol. The van der Waals surface area contributed by atoms with E-state index in [4.69, 9.17) is 4.74 Å². The molecule has 7 N–H and O–H groups in total. The van der Waals surface area contributed by atoms with E-state index in [0.717, 1.165) is 0 Å². The van der Waals surface area contributed by atoms with Crippen molar-refractivity contribution in [1.29, 1.82) is 0 Å². The molecule has 0 saturated carbocycles. The zero-order valence-corrected chi connectivity index (χ0v) is 26.9. The van der Waals surface area contributed by atoms with Gasteiger partial charge in [-0.3, -0.25) is 39.0 Å². The summed E-state index contributed by atoms with van der Waals surface area (Å²) in [6.07, 6.45) is -1.96. The Labute approximate surface area is 279 Å². The van der Waals surface area contributed by atoms with Gasteiger partial charge in [0.25, 0.3) is 11.8 Å². The van der Waals surface area contributed by atoms with E-state index in [1.807, 2.05) is 5.43 Å². The molecule has 5 amide bonds. The number of carbonyl (C=O) groups excluding carboxylic acids is 6. The lowest BCUT2D eigenvalue weighted by atomic mass is 10.0. The topological polar surface area (TPSA) is 284 Å². The highest BCUT2D eigenvalue weighted by atomic mass is 16.5. The van der Waals surface area contributed by atoms with E-state index in [0.29, 0.717) is 22.7 Å². The van der Waals surface area contributed by atoms with Crippen molar-refractivity contribution < 1.29 is 67.9 Å². The van der Waals surface area contributed by atoms with Crippen molar-refractivity contribution in [2.24, 2.45) is 5.92 Å². The molecule has 0 unspecified atom stereocenters. The molecule has 3 atom stereocenters. The average Bonchev–Trinajstić information content (AvgIpc) is 3.02. The summed E-state index contributed by atoms with van der Waals surface area (Å²) in [4.78, 5) is 110. The summed E-state index contributed by atoms with van der Waals surface area (Å²) < 4.78 is 9.66. The van der Waals surface area contributed by atoms with Crippen LogP contribution in [0.3, 0.4) is 0 Å². The molecular formula is C30H39N5O14. The number of carbonyl (C=O) groups is 9. The highest BCUT2D eigenvalue weighted by molar-refractivity contribution is 5.98. The molecule has 19 heteroatoms. The number of hydrogen-bond donors (Lipinski definition) is 7. The lowest BCUT2D eigenvalue weighted by Crippen LogP contribution is -2.60. The first-order valence-corrected chi connectivity index (χ1v) is 14.7. The number of nitrogens with zero attached hydrogens (tertiary/aromatic N) is 1. The van der Waals surface area contributed by atoms with E-state index in [1.165, 1.54) is 20.8 Å². The maximum atomic E-state index is 13.3. The summed E-state index contributed by atoms with van der Waals surface area (Å²) in [5, 5.41) is 34.6. The molecule has 0 aliphatic heterocycles. The summed E-state index contributed by atoms with van der Waals surface area (Å²) in [6, 6.07) is 3.44. The molecule has 0 aromatic heterocycles. The number of hydrogen-bond acceptors (Lipinski definition) is 11. The first-order chi connectivity index (χ1) is 23.0. The van der Waals surface area contributed by atoms with Gasteiger partial charge in [0.15, 0.2) is 0 Å². The van der Waals surface area contributed by atoms with E-state index in [1.54, 1.807) is 30.3 Å². The molecular weight excluding hydrogens is 654 g/mol. The average molecular weight is 694 g/mol. The van der Waals surface area contributed by atoms with Gasteiger partial charge < -0.3 is 40.7 Å². The minimum absolute atomic E-state index is 0.00531. The molecule has 1 rings (SSSR count). The minimum Gasteiger partial charge on any atom is -0.481 e. The third kappa shape index (κ3) is 16.4. The van der Waals surface area contributed by atoms with Gasteiger partial charge in [-0.1, -0.05) is 44.2 Å². The smallest absolute Gasteiger partial charge is 0.408 e. The Balaban J connectivity index is 3.14. The number of carboxylic acids is 3. The van der Waals surface area contributed by atoms with Gasteiger partial charge in [-0.05, 0) is 24.8 Å². The van der Waals surface area contributed by atoms with Crippen LogP contribution in [0.2, 0.25) is 0 Å². The zero-order valence-electron chi connectivity index (χ0n) is 26.9. The molecule has 19 nitrogen and oxygen atoms in total. The number of esters is 1. The SMILES string of the molecule is CCOC(=O)/C=C/C(=O)N(CC(=O)O)NC(=O)[C@@H](NC(=O)[C@H](CCC(=O)O)NC(=O)[C@H](CC(=O)O)NC(=O)OCc1ccccc1)C(C)C.